The van der Waals surface area contributed by atoms with Crippen LogP contribution in [-0.2, 0) is 16.8 Å². The van der Waals surface area contributed by atoms with Crippen molar-refractivity contribution in [2.24, 2.45) is 0 Å². The predicted octanol–water partition coefficient (Wildman–Crippen LogP) is 1.92. The van der Waals surface area contributed by atoms with Gasteiger partial charge in [-0.1, -0.05) is 56.3 Å². The van der Waals surface area contributed by atoms with E-state index in [-0.39, 0.29) is 35.9 Å². The summed E-state index contributed by atoms with van der Waals surface area (Å²) in [6.07, 6.45) is 0. The van der Waals surface area contributed by atoms with E-state index in [4.69, 9.17) is 10.3 Å². The molecule has 0 radical (unpaired) electrons. The lowest BCUT2D eigenvalue weighted by molar-refractivity contribution is -0.115. The maximum absolute atomic E-state index is 12.6. The van der Waals surface area contributed by atoms with Crippen LogP contribution < -0.4 is 27.2 Å². The maximum Gasteiger partial charge on any atom is 0.330 e. The third-order valence-electron chi connectivity index (χ3n) is 4.97. The summed E-state index contributed by atoms with van der Waals surface area (Å²) in [4.78, 5) is 41.4. The summed E-state index contributed by atoms with van der Waals surface area (Å²) < 4.78 is 6.47. The number of nitrogens with two attached hydrogens (primary N) is 1. The number of nitrogens with zero attached hydrogens (tertiary/aromatic N) is 3. The number of nitrogens with one attached hydrogen (secondary N) is 2. The van der Waals surface area contributed by atoms with Gasteiger partial charge in [-0.2, -0.15) is 0 Å². The highest BCUT2D eigenvalue weighted by Crippen LogP contribution is 2.24. The SMILES string of the molecule is CCN(CC(=O)Nc1cc(C(C)(C)C)no1)c1c(N)n(Cc2ccccc2)c(=O)[nH]c1=O. The standard InChI is InChI=1S/C22H28N6O4/c1-5-27(13-16(29)24-17-11-15(26-32-17)22(2,3)4)18-19(23)28(21(31)25-20(18)30)12-14-9-7-6-8-10-14/h6-11H,5,12-13,23H2,1-4H3,(H,24,29)(H,25,30,31). The number of rotatable bonds is 7. The summed E-state index contributed by atoms with van der Waals surface area (Å²) in [6, 6.07) is 10.9. The van der Waals surface area contributed by atoms with Crippen LogP contribution in [0.3, 0.4) is 0 Å². The Balaban J connectivity index is 1.84. The van der Waals surface area contributed by atoms with Crippen molar-refractivity contribution in [3.05, 3.63) is 68.5 Å². The van der Waals surface area contributed by atoms with Crippen LogP contribution in [0, 0.1) is 0 Å². The Morgan fingerprint density at radius 1 is 1.25 bits per heavy atom. The Bertz CT molecular complexity index is 1200. The fraction of sp³-hybridized carbons (Fsp3) is 0.364. The molecule has 4 N–H and O–H groups in total. The van der Waals surface area contributed by atoms with Crippen molar-refractivity contribution in [1.82, 2.24) is 14.7 Å². The molecular weight excluding hydrogens is 412 g/mol. The molecule has 0 atom stereocenters. The smallest absolute Gasteiger partial charge is 0.330 e. The number of hydrogen-bond acceptors (Lipinski definition) is 7. The molecule has 0 saturated carbocycles. The lowest BCUT2D eigenvalue weighted by atomic mass is 9.92. The maximum atomic E-state index is 12.6. The first kappa shape index (κ1) is 22.9. The zero-order valence-corrected chi connectivity index (χ0v) is 18.6. The lowest BCUT2D eigenvalue weighted by Crippen LogP contribution is -2.41. The third kappa shape index (κ3) is 5.08. The van der Waals surface area contributed by atoms with Gasteiger partial charge in [0.1, 0.15) is 11.5 Å². The van der Waals surface area contributed by atoms with E-state index in [9.17, 15) is 14.4 Å². The van der Waals surface area contributed by atoms with E-state index < -0.39 is 17.2 Å². The van der Waals surface area contributed by atoms with Crippen LogP contribution in [0.15, 0.2) is 50.5 Å². The minimum Gasteiger partial charge on any atom is -0.383 e. The number of hydrogen-bond donors (Lipinski definition) is 3. The van der Waals surface area contributed by atoms with Crippen LogP contribution in [0.1, 0.15) is 39.0 Å². The molecule has 1 amide bonds. The van der Waals surface area contributed by atoms with Crippen molar-refractivity contribution in [2.45, 2.75) is 39.7 Å². The number of aromatic amines is 1. The zero-order valence-electron chi connectivity index (χ0n) is 18.6. The molecule has 1 aromatic carbocycles. The number of carbonyl (C=O) groups excluding carboxylic acids is 1. The van der Waals surface area contributed by atoms with Gasteiger partial charge in [0.25, 0.3) is 5.56 Å². The average molecular weight is 441 g/mol. The average Bonchev–Trinajstić information content (AvgIpc) is 3.20. The first-order valence-electron chi connectivity index (χ1n) is 10.3. The van der Waals surface area contributed by atoms with Gasteiger partial charge in [-0.15, -0.1) is 0 Å². The van der Waals surface area contributed by atoms with E-state index in [0.717, 1.165) is 5.56 Å². The second kappa shape index (κ2) is 9.13. The Kier molecular flexibility index (Phi) is 6.52. The monoisotopic (exact) mass is 440 g/mol. The summed E-state index contributed by atoms with van der Waals surface area (Å²) >= 11 is 0. The van der Waals surface area contributed by atoms with E-state index in [1.165, 1.54) is 9.47 Å². The second-order valence-electron chi connectivity index (χ2n) is 8.45. The molecule has 32 heavy (non-hydrogen) atoms. The summed E-state index contributed by atoms with van der Waals surface area (Å²) in [7, 11) is 0. The van der Waals surface area contributed by atoms with Crippen molar-refractivity contribution in [1.29, 1.82) is 0 Å². The third-order valence-corrected chi connectivity index (χ3v) is 4.97. The molecule has 170 valence electrons. The van der Waals surface area contributed by atoms with Gasteiger partial charge in [0.2, 0.25) is 11.8 Å². The van der Waals surface area contributed by atoms with Gasteiger partial charge in [-0.25, -0.2) is 4.79 Å². The highest BCUT2D eigenvalue weighted by molar-refractivity contribution is 5.93. The van der Waals surface area contributed by atoms with Crippen molar-refractivity contribution in [2.75, 3.05) is 29.0 Å². The molecule has 10 heteroatoms. The van der Waals surface area contributed by atoms with Gasteiger partial charge < -0.3 is 15.2 Å². The van der Waals surface area contributed by atoms with Crippen molar-refractivity contribution < 1.29 is 9.32 Å². The highest BCUT2D eigenvalue weighted by atomic mass is 16.5. The fourth-order valence-corrected chi connectivity index (χ4v) is 3.19. The molecule has 3 rings (SSSR count). The predicted molar refractivity (Wildman–Crippen MR) is 123 cm³/mol. The van der Waals surface area contributed by atoms with E-state index in [2.05, 4.69) is 15.5 Å². The summed E-state index contributed by atoms with van der Waals surface area (Å²) in [5.74, 6) is -0.207. The van der Waals surface area contributed by atoms with E-state index in [1.54, 1.807) is 13.0 Å². The van der Waals surface area contributed by atoms with Crippen molar-refractivity contribution >= 4 is 23.3 Å². The molecule has 0 aliphatic heterocycles. The number of anilines is 3. The number of carbonyl (C=O) groups is 1. The number of H-pyrrole nitrogens is 1. The topological polar surface area (TPSA) is 139 Å². The van der Waals surface area contributed by atoms with Crippen molar-refractivity contribution in [3.63, 3.8) is 0 Å². The van der Waals surface area contributed by atoms with E-state index in [1.807, 2.05) is 51.1 Å². The Morgan fingerprint density at radius 3 is 2.53 bits per heavy atom. The van der Waals surface area contributed by atoms with E-state index in [0.29, 0.717) is 12.2 Å². The largest absolute Gasteiger partial charge is 0.383 e. The first-order valence-corrected chi connectivity index (χ1v) is 10.3. The molecule has 0 aliphatic carbocycles. The molecule has 0 unspecified atom stereocenters. The molecular formula is C22H28N6O4. The number of aromatic nitrogens is 3. The van der Waals surface area contributed by atoms with Gasteiger partial charge in [0.05, 0.1) is 18.8 Å². The quantitative estimate of drug-likeness (QED) is 0.510. The molecule has 0 saturated heterocycles. The van der Waals surface area contributed by atoms with Gasteiger partial charge in [-0.05, 0) is 12.5 Å². The molecule has 2 aromatic heterocycles. The summed E-state index contributed by atoms with van der Waals surface area (Å²) in [5.41, 5.74) is 6.35. The number of likely N-dealkylation sites (N-methyl/N-ethyl adjacent to an activating group) is 1. The second-order valence-corrected chi connectivity index (χ2v) is 8.45. The number of nitrogen functional groups attached to an aromatic ring is 1. The van der Waals surface area contributed by atoms with Crippen LogP contribution in [0.4, 0.5) is 17.4 Å². The molecule has 0 spiro atoms. The molecule has 0 aliphatic rings. The Hall–Kier alpha value is -3.82. The number of amides is 1. The lowest BCUT2D eigenvalue weighted by Gasteiger charge is -2.24. The van der Waals surface area contributed by atoms with Crippen LogP contribution in [0.5, 0.6) is 0 Å². The van der Waals surface area contributed by atoms with Crippen LogP contribution in [-0.4, -0.2) is 33.7 Å². The van der Waals surface area contributed by atoms with Gasteiger partial charge in [0, 0.05) is 18.0 Å². The Labute approximate surface area is 185 Å². The summed E-state index contributed by atoms with van der Waals surface area (Å²) in [5, 5.41) is 6.61. The normalized spacial score (nSPS) is 11.4. The number of benzene rings is 1. The molecule has 2 heterocycles. The molecule has 0 fully saturated rings. The molecule has 3 aromatic rings. The summed E-state index contributed by atoms with van der Waals surface area (Å²) in [6.45, 7) is 8.06. The minimum atomic E-state index is -0.652. The first-order chi connectivity index (χ1) is 15.1. The minimum absolute atomic E-state index is 0.00747. The van der Waals surface area contributed by atoms with Gasteiger partial charge >= 0.3 is 5.69 Å². The Morgan fingerprint density at radius 2 is 1.94 bits per heavy atom. The fourth-order valence-electron chi connectivity index (χ4n) is 3.19. The molecule has 0 bridgehead atoms. The van der Waals surface area contributed by atoms with E-state index >= 15 is 0 Å². The zero-order chi connectivity index (χ0) is 23.5. The highest BCUT2D eigenvalue weighted by Gasteiger charge is 2.22. The van der Waals surface area contributed by atoms with Crippen molar-refractivity contribution in [3.8, 4) is 0 Å². The molecule has 10 nitrogen and oxygen atoms in total. The van der Waals surface area contributed by atoms with Gasteiger partial charge in [-0.3, -0.25) is 24.5 Å². The van der Waals surface area contributed by atoms with Crippen LogP contribution in [0.25, 0.3) is 0 Å². The van der Waals surface area contributed by atoms with Gasteiger partial charge in [0.15, 0.2) is 0 Å². The van der Waals surface area contributed by atoms with Crippen LogP contribution in [0.2, 0.25) is 0 Å². The van der Waals surface area contributed by atoms with Crippen LogP contribution >= 0.6 is 0 Å².